The van der Waals surface area contributed by atoms with Gasteiger partial charge in [0.1, 0.15) is 11.9 Å². The van der Waals surface area contributed by atoms with E-state index in [2.05, 4.69) is 26.0 Å². The summed E-state index contributed by atoms with van der Waals surface area (Å²) in [7, 11) is -3.82. The lowest BCUT2D eigenvalue weighted by molar-refractivity contribution is 0.0933. The zero-order valence-corrected chi connectivity index (χ0v) is 18.2. The molecular formula is C22H19BrN2O4S. The fourth-order valence-electron chi connectivity index (χ4n) is 3.21. The van der Waals surface area contributed by atoms with Gasteiger partial charge in [-0.2, -0.15) is 0 Å². The van der Waals surface area contributed by atoms with E-state index in [0.29, 0.717) is 12.2 Å². The first-order valence-corrected chi connectivity index (χ1v) is 11.6. The molecule has 0 saturated carbocycles. The van der Waals surface area contributed by atoms with E-state index in [1.165, 1.54) is 12.1 Å². The summed E-state index contributed by atoms with van der Waals surface area (Å²) in [5.74, 6) is 0.485. The van der Waals surface area contributed by atoms with E-state index in [1.54, 1.807) is 36.4 Å². The van der Waals surface area contributed by atoms with Crippen molar-refractivity contribution in [2.45, 2.75) is 17.4 Å². The Hall–Kier alpha value is -2.84. The van der Waals surface area contributed by atoms with Crippen LogP contribution in [-0.4, -0.2) is 27.0 Å². The number of hydrogen-bond acceptors (Lipinski definition) is 4. The van der Waals surface area contributed by atoms with Crippen molar-refractivity contribution in [2.75, 3.05) is 11.3 Å². The third kappa shape index (κ3) is 4.66. The number of rotatable bonds is 6. The van der Waals surface area contributed by atoms with E-state index >= 15 is 0 Å². The molecule has 0 saturated heterocycles. The molecule has 0 bridgehead atoms. The predicted octanol–water partition coefficient (Wildman–Crippen LogP) is 3.98. The number of nitrogens with one attached hydrogen (secondary N) is 2. The predicted molar refractivity (Wildman–Crippen MR) is 118 cm³/mol. The van der Waals surface area contributed by atoms with Crippen LogP contribution < -0.4 is 14.8 Å². The van der Waals surface area contributed by atoms with Gasteiger partial charge in [0.25, 0.3) is 15.9 Å². The van der Waals surface area contributed by atoms with Crippen molar-refractivity contribution >= 4 is 37.5 Å². The smallest absolute Gasteiger partial charge is 0.261 e. The van der Waals surface area contributed by atoms with Crippen molar-refractivity contribution < 1.29 is 17.9 Å². The molecule has 154 valence electrons. The molecule has 1 unspecified atom stereocenters. The molecule has 8 heteroatoms. The van der Waals surface area contributed by atoms with E-state index < -0.39 is 10.0 Å². The van der Waals surface area contributed by atoms with E-state index in [0.717, 1.165) is 22.2 Å². The second kappa shape index (κ2) is 8.49. The normalized spacial score (nSPS) is 15.2. The van der Waals surface area contributed by atoms with Crippen LogP contribution in [0.15, 0.2) is 82.2 Å². The molecule has 1 aliphatic heterocycles. The zero-order valence-electron chi connectivity index (χ0n) is 15.8. The lowest BCUT2D eigenvalue weighted by Crippen LogP contribution is -2.34. The van der Waals surface area contributed by atoms with E-state index in [4.69, 9.17) is 4.74 Å². The number of para-hydroxylation sites is 1. The molecular weight excluding hydrogens is 468 g/mol. The summed E-state index contributed by atoms with van der Waals surface area (Å²) in [6.07, 6.45) is 0.583. The van der Waals surface area contributed by atoms with Crippen LogP contribution in [0, 0.1) is 0 Å². The number of halogens is 1. The highest BCUT2D eigenvalue weighted by atomic mass is 79.9. The van der Waals surface area contributed by atoms with Gasteiger partial charge in [-0.25, -0.2) is 8.42 Å². The minimum Gasteiger partial charge on any atom is -0.488 e. The number of amides is 1. The Kier molecular flexibility index (Phi) is 5.78. The Morgan fingerprint density at radius 3 is 2.57 bits per heavy atom. The number of fused-ring (bicyclic) bond motifs is 1. The second-order valence-corrected chi connectivity index (χ2v) is 9.50. The molecule has 0 aromatic heterocycles. The van der Waals surface area contributed by atoms with Gasteiger partial charge in [0.05, 0.1) is 11.4 Å². The number of carbonyl (C=O) groups is 1. The molecule has 3 aromatic rings. The van der Waals surface area contributed by atoms with Crippen molar-refractivity contribution in [2.24, 2.45) is 0 Å². The molecule has 3 aromatic carbocycles. The molecule has 1 heterocycles. The van der Waals surface area contributed by atoms with Crippen molar-refractivity contribution in [3.63, 3.8) is 0 Å². The lowest BCUT2D eigenvalue weighted by atomic mass is 10.1. The second-order valence-electron chi connectivity index (χ2n) is 6.90. The maximum absolute atomic E-state index is 12.7. The van der Waals surface area contributed by atoms with Crippen LogP contribution in [0.2, 0.25) is 0 Å². The molecule has 4 rings (SSSR count). The van der Waals surface area contributed by atoms with Gasteiger partial charge in [0.2, 0.25) is 0 Å². The van der Waals surface area contributed by atoms with Gasteiger partial charge in [-0.3, -0.25) is 9.52 Å². The number of ether oxygens (including phenoxy) is 1. The van der Waals surface area contributed by atoms with Crippen LogP contribution in [0.3, 0.4) is 0 Å². The largest absolute Gasteiger partial charge is 0.488 e. The Labute approximate surface area is 183 Å². The summed E-state index contributed by atoms with van der Waals surface area (Å²) >= 11 is 3.31. The molecule has 0 radical (unpaired) electrons. The Balaban J connectivity index is 1.41. The summed E-state index contributed by atoms with van der Waals surface area (Å²) in [4.78, 5) is 12.6. The summed E-state index contributed by atoms with van der Waals surface area (Å²) in [5.41, 5.74) is 1.82. The first kappa shape index (κ1) is 20.4. The van der Waals surface area contributed by atoms with Gasteiger partial charge in [0.15, 0.2) is 0 Å². The minimum absolute atomic E-state index is 0.0163. The SMILES string of the molecule is O=C(NCC1Cc2ccccc2O1)c1cccc(S(=O)(=O)Nc2ccc(Br)cc2)c1. The Morgan fingerprint density at radius 2 is 1.80 bits per heavy atom. The monoisotopic (exact) mass is 486 g/mol. The maximum atomic E-state index is 12.7. The van der Waals surface area contributed by atoms with Crippen molar-refractivity contribution in [1.82, 2.24) is 5.32 Å². The number of benzene rings is 3. The molecule has 1 aliphatic rings. The Morgan fingerprint density at radius 1 is 1.03 bits per heavy atom. The van der Waals surface area contributed by atoms with Gasteiger partial charge < -0.3 is 10.1 Å². The zero-order chi connectivity index (χ0) is 21.1. The van der Waals surface area contributed by atoms with Crippen LogP contribution in [0.4, 0.5) is 5.69 Å². The quantitative estimate of drug-likeness (QED) is 0.551. The van der Waals surface area contributed by atoms with E-state index in [9.17, 15) is 13.2 Å². The first-order chi connectivity index (χ1) is 14.4. The van der Waals surface area contributed by atoms with Crippen LogP contribution in [-0.2, 0) is 16.4 Å². The van der Waals surface area contributed by atoms with Gasteiger partial charge in [-0.05, 0) is 54.1 Å². The number of anilines is 1. The highest BCUT2D eigenvalue weighted by Gasteiger charge is 2.23. The van der Waals surface area contributed by atoms with Crippen molar-refractivity contribution in [1.29, 1.82) is 0 Å². The molecule has 0 aliphatic carbocycles. The van der Waals surface area contributed by atoms with Crippen LogP contribution in [0.5, 0.6) is 5.75 Å². The van der Waals surface area contributed by atoms with E-state index in [1.807, 2.05) is 24.3 Å². The lowest BCUT2D eigenvalue weighted by Gasteiger charge is -2.13. The highest BCUT2D eigenvalue weighted by molar-refractivity contribution is 9.10. The number of carbonyl (C=O) groups excluding carboxylic acids is 1. The highest BCUT2D eigenvalue weighted by Crippen LogP contribution is 2.27. The number of hydrogen-bond donors (Lipinski definition) is 2. The summed E-state index contributed by atoms with van der Waals surface area (Å²) in [6.45, 7) is 0.335. The van der Waals surface area contributed by atoms with Crippen molar-refractivity contribution in [3.8, 4) is 5.75 Å². The van der Waals surface area contributed by atoms with Gasteiger partial charge in [-0.15, -0.1) is 0 Å². The van der Waals surface area contributed by atoms with Crippen LogP contribution in [0.25, 0.3) is 0 Å². The minimum atomic E-state index is -3.82. The first-order valence-electron chi connectivity index (χ1n) is 9.32. The van der Waals surface area contributed by atoms with Gasteiger partial charge in [0, 0.05) is 22.1 Å². The third-order valence-electron chi connectivity index (χ3n) is 4.71. The van der Waals surface area contributed by atoms with Crippen LogP contribution in [0.1, 0.15) is 15.9 Å². The average Bonchev–Trinajstić information content (AvgIpc) is 3.17. The Bertz CT molecular complexity index is 1150. The maximum Gasteiger partial charge on any atom is 0.261 e. The molecule has 2 N–H and O–H groups in total. The molecule has 0 fully saturated rings. The molecule has 1 atom stereocenters. The van der Waals surface area contributed by atoms with Gasteiger partial charge in [-0.1, -0.05) is 40.2 Å². The molecule has 30 heavy (non-hydrogen) atoms. The fraction of sp³-hybridized carbons (Fsp3) is 0.136. The summed E-state index contributed by atoms with van der Waals surface area (Å²) in [5, 5.41) is 2.83. The molecule has 6 nitrogen and oxygen atoms in total. The van der Waals surface area contributed by atoms with Crippen LogP contribution >= 0.6 is 15.9 Å². The summed E-state index contributed by atoms with van der Waals surface area (Å²) < 4.78 is 34.5. The van der Waals surface area contributed by atoms with Gasteiger partial charge >= 0.3 is 0 Å². The molecule has 1 amide bonds. The third-order valence-corrected chi connectivity index (χ3v) is 6.61. The average molecular weight is 487 g/mol. The molecule has 0 spiro atoms. The van der Waals surface area contributed by atoms with E-state index in [-0.39, 0.29) is 22.5 Å². The van der Waals surface area contributed by atoms with Crippen molar-refractivity contribution in [3.05, 3.63) is 88.4 Å². The topological polar surface area (TPSA) is 84.5 Å². The standard InChI is InChI=1S/C22H19BrN2O4S/c23-17-8-10-18(11-9-17)25-30(27,28)20-6-3-5-16(13-20)22(26)24-14-19-12-15-4-1-2-7-21(15)29-19/h1-11,13,19,25H,12,14H2,(H,24,26). The fourth-order valence-corrected chi connectivity index (χ4v) is 4.58. The summed E-state index contributed by atoms with van der Waals surface area (Å²) in [6, 6.07) is 20.5. The number of sulfonamides is 1.